The van der Waals surface area contributed by atoms with Crippen molar-refractivity contribution < 1.29 is 14.4 Å². The van der Waals surface area contributed by atoms with Crippen molar-refractivity contribution in [2.45, 2.75) is 0 Å². The molecule has 2 aromatic rings. The molecule has 0 bridgehead atoms. The van der Waals surface area contributed by atoms with Gasteiger partial charge in [0.05, 0.1) is 0 Å². The van der Waals surface area contributed by atoms with Crippen LogP contribution in [0.25, 0.3) is 0 Å². The smallest absolute Gasteiger partial charge is 0.246 e. The zero-order valence-corrected chi connectivity index (χ0v) is 13.1. The maximum Gasteiger partial charge on any atom is 0.246 e. The highest BCUT2D eigenvalue weighted by molar-refractivity contribution is 6.29. The summed E-state index contributed by atoms with van der Waals surface area (Å²) in [5.41, 5.74) is 17.9. The number of nitrogens with one attached hydrogen (secondary N) is 1. The maximum absolute atomic E-state index is 12.7. The van der Waals surface area contributed by atoms with Crippen LogP contribution in [0.3, 0.4) is 0 Å². The van der Waals surface area contributed by atoms with Gasteiger partial charge in [-0.05, 0) is 36.4 Å². The van der Waals surface area contributed by atoms with Crippen LogP contribution < -0.4 is 22.5 Å². The van der Waals surface area contributed by atoms with Crippen molar-refractivity contribution in [2.24, 2.45) is 16.5 Å². The van der Waals surface area contributed by atoms with Crippen molar-refractivity contribution in [3.8, 4) is 0 Å². The van der Waals surface area contributed by atoms with Crippen LogP contribution in [0.1, 0.15) is 31.8 Å². The van der Waals surface area contributed by atoms with Crippen molar-refractivity contribution in [1.82, 2.24) is 0 Å². The highest BCUT2D eigenvalue weighted by atomic mass is 16.2. The Balaban J connectivity index is 1.93. The number of nitrogens with two attached hydrogens (primary N) is 3. The zero-order chi connectivity index (χ0) is 18.1. The number of carbonyl (C=O) groups is 3. The lowest BCUT2D eigenvalue weighted by Gasteiger charge is -2.18. The molecule has 1 aliphatic rings. The second-order valence-corrected chi connectivity index (χ2v) is 5.51. The van der Waals surface area contributed by atoms with Gasteiger partial charge in [0.25, 0.3) is 0 Å². The predicted molar refractivity (Wildman–Crippen MR) is 93.5 cm³/mol. The second kappa shape index (κ2) is 6.08. The van der Waals surface area contributed by atoms with Crippen molar-refractivity contribution in [3.63, 3.8) is 0 Å². The van der Waals surface area contributed by atoms with Crippen LogP contribution in [-0.4, -0.2) is 30.0 Å². The first-order valence-corrected chi connectivity index (χ1v) is 7.35. The van der Waals surface area contributed by atoms with E-state index < -0.39 is 5.91 Å². The average Bonchev–Trinajstić information content (AvgIpc) is 2.57. The van der Waals surface area contributed by atoms with E-state index in [1.165, 1.54) is 30.3 Å². The summed E-state index contributed by atoms with van der Waals surface area (Å²) in [6.07, 6.45) is 0. The number of benzene rings is 2. The van der Waals surface area contributed by atoms with Crippen molar-refractivity contribution in [3.05, 3.63) is 58.7 Å². The molecule has 0 saturated heterocycles. The Morgan fingerprint density at radius 2 is 1.52 bits per heavy atom. The van der Waals surface area contributed by atoms with E-state index in [1.807, 2.05) is 0 Å². The van der Waals surface area contributed by atoms with Gasteiger partial charge in [-0.25, -0.2) is 4.99 Å². The van der Waals surface area contributed by atoms with Gasteiger partial charge >= 0.3 is 0 Å². The van der Waals surface area contributed by atoms with Gasteiger partial charge in [-0.15, -0.1) is 0 Å². The van der Waals surface area contributed by atoms with Crippen LogP contribution in [0.15, 0.2) is 41.4 Å². The van der Waals surface area contributed by atoms with E-state index in [4.69, 9.17) is 17.2 Å². The predicted octanol–water partition coefficient (Wildman–Crippen LogP) is 0.256. The number of carbonyl (C=O) groups excluding carboxylic acids is 3. The monoisotopic (exact) mass is 337 g/mol. The number of hydrogen-bond donors (Lipinski definition) is 4. The van der Waals surface area contributed by atoms with Gasteiger partial charge in [0.15, 0.2) is 17.5 Å². The number of aliphatic imine (C=N–C) groups is 1. The largest absolute Gasteiger partial charge is 0.399 e. The number of ketones is 2. The molecule has 0 aliphatic heterocycles. The molecule has 8 heteroatoms. The summed E-state index contributed by atoms with van der Waals surface area (Å²) in [6.45, 7) is -0.242. The number of hydrogen-bond acceptors (Lipinski definition) is 5. The standard InChI is InChI=1S/C17H15N5O3/c18-8-1-3-10-12(5-8)15(24)11-4-2-9(6-13(11)16(10)25)22-14(23)7-21-17(19)20/h1-6H,7,18H2,(H,22,23)(H4,19,20,21). The topological polar surface area (TPSA) is 154 Å². The van der Waals surface area contributed by atoms with E-state index in [-0.39, 0.29) is 46.3 Å². The van der Waals surface area contributed by atoms with E-state index in [2.05, 4.69) is 10.3 Å². The van der Waals surface area contributed by atoms with Crippen LogP contribution in [0.4, 0.5) is 11.4 Å². The molecule has 0 radical (unpaired) electrons. The van der Waals surface area contributed by atoms with E-state index in [1.54, 1.807) is 6.07 Å². The lowest BCUT2D eigenvalue weighted by atomic mass is 9.83. The quantitative estimate of drug-likeness (QED) is 0.305. The van der Waals surface area contributed by atoms with Gasteiger partial charge < -0.3 is 22.5 Å². The number of guanidine groups is 1. The van der Waals surface area contributed by atoms with Crippen LogP contribution in [0.5, 0.6) is 0 Å². The van der Waals surface area contributed by atoms with Gasteiger partial charge in [-0.1, -0.05) is 0 Å². The number of anilines is 2. The maximum atomic E-state index is 12.7. The Bertz CT molecular complexity index is 945. The van der Waals surface area contributed by atoms with E-state index in [0.717, 1.165) is 0 Å². The molecular weight excluding hydrogens is 322 g/mol. The molecule has 0 fully saturated rings. The fraction of sp³-hybridized carbons (Fsp3) is 0.0588. The summed E-state index contributed by atoms with van der Waals surface area (Å²) in [5, 5.41) is 2.58. The minimum atomic E-state index is -0.448. The molecule has 0 unspecified atom stereocenters. The normalized spacial score (nSPS) is 12.2. The molecule has 0 atom stereocenters. The summed E-state index contributed by atoms with van der Waals surface area (Å²) < 4.78 is 0. The average molecular weight is 337 g/mol. The Morgan fingerprint density at radius 3 is 2.16 bits per heavy atom. The zero-order valence-electron chi connectivity index (χ0n) is 13.1. The Hall–Kier alpha value is -3.68. The highest BCUT2D eigenvalue weighted by Gasteiger charge is 2.29. The van der Waals surface area contributed by atoms with E-state index in [9.17, 15) is 14.4 Å². The number of rotatable bonds is 3. The van der Waals surface area contributed by atoms with Crippen molar-refractivity contribution in [2.75, 3.05) is 17.6 Å². The molecule has 2 aromatic carbocycles. The summed E-state index contributed by atoms with van der Waals surface area (Å²) in [7, 11) is 0. The van der Waals surface area contributed by atoms with Crippen molar-refractivity contribution >= 4 is 34.8 Å². The molecule has 1 amide bonds. The molecule has 0 saturated carbocycles. The lowest BCUT2D eigenvalue weighted by molar-refractivity contribution is -0.114. The van der Waals surface area contributed by atoms with Gasteiger partial charge in [0.1, 0.15) is 6.54 Å². The lowest BCUT2D eigenvalue weighted by Crippen LogP contribution is -2.26. The SMILES string of the molecule is NC(N)=NCC(=O)Nc1ccc2c(c1)C(=O)c1ccc(N)cc1C2=O. The van der Waals surface area contributed by atoms with Gasteiger partial charge in [-0.3, -0.25) is 14.4 Å². The summed E-state index contributed by atoms with van der Waals surface area (Å²) in [6, 6.07) is 9.08. The molecule has 25 heavy (non-hydrogen) atoms. The number of nitrogens with zero attached hydrogens (tertiary/aromatic N) is 1. The van der Waals surface area contributed by atoms with Crippen LogP contribution in [0, 0.1) is 0 Å². The summed E-state index contributed by atoms with van der Waals surface area (Å²) in [5.74, 6) is -1.23. The number of fused-ring (bicyclic) bond motifs is 2. The summed E-state index contributed by atoms with van der Waals surface area (Å²) in [4.78, 5) is 40.6. The van der Waals surface area contributed by atoms with Crippen molar-refractivity contribution in [1.29, 1.82) is 0 Å². The van der Waals surface area contributed by atoms with Crippen LogP contribution in [0.2, 0.25) is 0 Å². The molecule has 7 N–H and O–H groups in total. The van der Waals surface area contributed by atoms with Gasteiger partial charge in [0, 0.05) is 33.6 Å². The minimum absolute atomic E-state index is 0.197. The molecule has 0 spiro atoms. The van der Waals surface area contributed by atoms with E-state index >= 15 is 0 Å². The third-order valence-electron chi connectivity index (χ3n) is 3.73. The molecule has 3 rings (SSSR count). The molecule has 8 nitrogen and oxygen atoms in total. The molecular formula is C17H15N5O3. The second-order valence-electron chi connectivity index (χ2n) is 5.51. The third kappa shape index (κ3) is 3.05. The molecule has 0 heterocycles. The summed E-state index contributed by atoms with van der Waals surface area (Å²) >= 11 is 0. The van der Waals surface area contributed by atoms with E-state index in [0.29, 0.717) is 11.4 Å². The number of nitrogen functional groups attached to an aromatic ring is 1. The Labute approximate surface area is 142 Å². The first kappa shape index (κ1) is 16.2. The van der Waals surface area contributed by atoms with Gasteiger partial charge in [-0.2, -0.15) is 0 Å². The first-order valence-electron chi connectivity index (χ1n) is 7.35. The molecule has 126 valence electrons. The Morgan fingerprint density at radius 1 is 0.920 bits per heavy atom. The third-order valence-corrected chi connectivity index (χ3v) is 3.73. The van der Waals surface area contributed by atoms with Crippen LogP contribution in [-0.2, 0) is 4.79 Å². The first-order chi connectivity index (χ1) is 11.9. The molecule has 1 aliphatic carbocycles. The Kier molecular flexibility index (Phi) is 3.94. The molecule has 0 aromatic heterocycles. The fourth-order valence-electron chi connectivity index (χ4n) is 2.61. The van der Waals surface area contributed by atoms with Gasteiger partial charge in [0.2, 0.25) is 5.91 Å². The fourth-order valence-corrected chi connectivity index (χ4v) is 2.61. The number of amides is 1. The highest BCUT2D eigenvalue weighted by Crippen LogP contribution is 2.30. The van der Waals surface area contributed by atoms with Crippen LogP contribution >= 0.6 is 0 Å². The minimum Gasteiger partial charge on any atom is -0.399 e.